The number of phenolic OH excluding ortho intramolecular Hbond substituents is 1. The van der Waals surface area contributed by atoms with E-state index in [1.165, 1.54) is 0 Å². The molecule has 0 fully saturated rings. The first-order chi connectivity index (χ1) is 7.15. The van der Waals surface area contributed by atoms with Crippen LogP contribution >= 0.6 is 0 Å². The molecule has 0 aliphatic heterocycles. The van der Waals surface area contributed by atoms with Crippen molar-refractivity contribution in [2.75, 3.05) is 13.7 Å². The summed E-state index contributed by atoms with van der Waals surface area (Å²) < 4.78 is 5.02. The Bertz CT molecular complexity index is 347. The summed E-state index contributed by atoms with van der Waals surface area (Å²) in [5.41, 5.74) is 1.90. The zero-order valence-corrected chi connectivity index (χ0v) is 9.21. The van der Waals surface area contributed by atoms with Crippen LogP contribution in [0, 0.1) is 0 Å². The third-order valence-electron chi connectivity index (χ3n) is 2.04. The Kier molecular flexibility index (Phi) is 4.18. The number of hydrogen-bond donors (Lipinski definition) is 2. The predicted octanol–water partition coefficient (Wildman–Crippen LogP) is 2.07. The van der Waals surface area contributed by atoms with Crippen LogP contribution < -0.4 is 10.1 Å². The van der Waals surface area contributed by atoms with Gasteiger partial charge in [0, 0.05) is 18.7 Å². The molecule has 1 rings (SSSR count). The van der Waals surface area contributed by atoms with Gasteiger partial charge < -0.3 is 15.2 Å². The van der Waals surface area contributed by atoms with Crippen LogP contribution in [-0.4, -0.2) is 18.8 Å². The van der Waals surface area contributed by atoms with Gasteiger partial charge in [0.1, 0.15) is 0 Å². The molecule has 0 atom stereocenters. The third-order valence-corrected chi connectivity index (χ3v) is 2.04. The lowest BCUT2D eigenvalue weighted by Crippen LogP contribution is -2.15. The van der Waals surface area contributed by atoms with Gasteiger partial charge in [-0.05, 0) is 13.0 Å². The first-order valence-electron chi connectivity index (χ1n) is 4.85. The molecule has 0 aliphatic carbocycles. The molecule has 0 spiro atoms. The van der Waals surface area contributed by atoms with Crippen LogP contribution in [0.5, 0.6) is 11.5 Å². The van der Waals surface area contributed by atoms with Crippen molar-refractivity contribution in [1.82, 2.24) is 5.32 Å². The lowest BCUT2D eigenvalue weighted by Gasteiger charge is -2.09. The van der Waals surface area contributed by atoms with E-state index in [9.17, 15) is 5.11 Å². The minimum absolute atomic E-state index is 0.203. The Labute approximate surface area is 90.4 Å². The first kappa shape index (κ1) is 11.6. The predicted molar refractivity (Wildman–Crippen MR) is 61.2 cm³/mol. The summed E-state index contributed by atoms with van der Waals surface area (Å²) in [5.74, 6) is 0.707. The summed E-state index contributed by atoms with van der Waals surface area (Å²) in [6.07, 6.45) is 0. The number of phenols is 1. The third kappa shape index (κ3) is 3.29. The second-order valence-electron chi connectivity index (χ2n) is 3.53. The first-order valence-corrected chi connectivity index (χ1v) is 4.85. The summed E-state index contributed by atoms with van der Waals surface area (Å²) >= 11 is 0. The number of para-hydroxylation sites is 1. The van der Waals surface area contributed by atoms with Gasteiger partial charge in [0.15, 0.2) is 11.5 Å². The van der Waals surface area contributed by atoms with Crippen molar-refractivity contribution in [2.24, 2.45) is 0 Å². The average molecular weight is 207 g/mol. The van der Waals surface area contributed by atoms with Gasteiger partial charge >= 0.3 is 0 Å². The molecule has 15 heavy (non-hydrogen) atoms. The molecule has 0 heterocycles. The highest BCUT2D eigenvalue weighted by Gasteiger charge is 2.05. The molecule has 3 nitrogen and oxygen atoms in total. The largest absolute Gasteiger partial charge is 0.504 e. The van der Waals surface area contributed by atoms with Crippen LogP contribution in [0.3, 0.4) is 0 Å². The van der Waals surface area contributed by atoms with Crippen molar-refractivity contribution >= 4 is 0 Å². The number of ether oxygens (including phenoxy) is 1. The lowest BCUT2D eigenvalue weighted by molar-refractivity contribution is 0.370. The molecule has 0 aliphatic rings. The van der Waals surface area contributed by atoms with Crippen molar-refractivity contribution in [2.45, 2.75) is 13.5 Å². The van der Waals surface area contributed by atoms with Crippen molar-refractivity contribution in [1.29, 1.82) is 0 Å². The molecule has 0 unspecified atom stereocenters. The minimum Gasteiger partial charge on any atom is -0.504 e. The number of nitrogens with one attached hydrogen (secondary N) is 1. The van der Waals surface area contributed by atoms with Gasteiger partial charge in [0.2, 0.25) is 0 Å². The number of aromatic hydroxyl groups is 1. The molecule has 1 aromatic rings. The van der Waals surface area contributed by atoms with Crippen LogP contribution in [0.25, 0.3) is 0 Å². The van der Waals surface area contributed by atoms with Gasteiger partial charge in [-0.1, -0.05) is 24.3 Å². The Morgan fingerprint density at radius 2 is 2.27 bits per heavy atom. The molecule has 0 saturated carbocycles. The molecule has 3 heteroatoms. The molecule has 0 amide bonds. The number of methoxy groups -OCH3 is 1. The van der Waals surface area contributed by atoms with Crippen LogP contribution in [-0.2, 0) is 6.54 Å². The van der Waals surface area contributed by atoms with E-state index in [1.807, 2.05) is 19.1 Å². The second kappa shape index (κ2) is 5.41. The van der Waals surface area contributed by atoms with Crippen molar-refractivity contribution in [3.63, 3.8) is 0 Å². The maximum absolute atomic E-state index is 9.77. The molecular weight excluding hydrogens is 190 g/mol. The fourth-order valence-electron chi connectivity index (χ4n) is 1.29. The topological polar surface area (TPSA) is 41.5 Å². The Hall–Kier alpha value is -1.48. The van der Waals surface area contributed by atoms with E-state index in [0.29, 0.717) is 12.3 Å². The van der Waals surface area contributed by atoms with Gasteiger partial charge in [0.25, 0.3) is 0 Å². The molecule has 2 N–H and O–H groups in total. The van der Waals surface area contributed by atoms with E-state index in [1.54, 1.807) is 13.2 Å². The number of hydrogen-bond acceptors (Lipinski definition) is 3. The quantitative estimate of drug-likeness (QED) is 0.726. The smallest absolute Gasteiger partial charge is 0.162 e. The summed E-state index contributed by atoms with van der Waals surface area (Å²) in [7, 11) is 1.54. The monoisotopic (exact) mass is 207 g/mol. The normalized spacial score (nSPS) is 10.0. The highest BCUT2D eigenvalue weighted by Crippen LogP contribution is 2.28. The standard InChI is InChI=1S/C12H17NO2/c1-9(2)7-13-8-10-5-4-6-11(15-3)12(10)14/h4-6,13-14H,1,7-8H2,2-3H3. The van der Waals surface area contributed by atoms with Crippen molar-refractivity contribution in [3.8, 4) is 11.5 Å². The SMILES string of the molecule is C=C(C)CNCc1cccc(OC)c1O. The molecule has 0 saturated heterocycles. The van der Waals surface area contributed by atoms with E-state index in [4.69, 9.17) is 4.74 Å². The van der Waals surface area contributed by atoms with Gasteiger partial charge in [-0.25, -0.2) is 0 Å². The fraction of sp³-hybridized carbons (Fsp3) is 0.333. The maximum atomic E-state index is 9.77. The molecule has 82 valence electrons. The maximum Gasteiger partial charge on any atom is 0.162 e. The molecule has 0 radical (unpaired) electrons. The molecule has 1 aromatic carbocycles. The number of rotatable bonds is 5. The van der Waals surface area contributed by atoms with Gasteiger partial charge in [-0.3, -0.25) is 0 Å². The highest BCUT2D eigenvalue weighted by atomic mass is 16.5. The van der Waals surface area contributed by atoms with Gasteiger partial charge in [-0.2, -0.15) is 0 Å². The average Bonchev–Trinajstić information content (AvgIpc) is 2.20. The molecule has 0 bridgehead atoms. The summed E-state index contributed by atoms with van der Waals surface area (Å²) in [4.78, 5) is 0. The van der Waals surface area contributed by atoms with Crippen molar-refractivity contribution < 1.29 is 9.84 Å². The lowest BCUT2D eigenvalue weighted by atomic mass is 10.2. The summed E-state index contributed by atoms with van der Waals surface area (Å²) in [6, 6.07) is 5.46. The van der Waals surface area contributed by atoms with Crippen LogP contribution in [0.4, 0.5) is 0 Å². The van der Waals surface area contributed by atoms with Crippen LogP contribution in [0.2, 0.25) is 0 Å². The summed E-state index contributed by atoms with van der Waals surface area (Å²) in [6.45, 7) is 7.10. The summed E-state index contributed by atoms with van der Waals surface area (Å²) in [5, 5.41) is 12.9. The van der Waals surface area contributed by atoms with Gasteiger partial charge in [0.05, 0.1) is 7.11 Å². The Morgan fingerprint density at radius 1 is 1.53 bits per heavy atom. The van der Waals surface area contributed by atoms with E-state index < -0.39 is 0 Å². The van der Waals surface area contributed by atoms with Gasteiger partial charge in [-0.15, -0.1) is 0 Å². The van der Waals surface area contributed by atoms with E-state index >= 15 is 0 Å². The zero-order chi connectivity index (χ0) is 11.3. The second-order valence-corrected chi connectivity index (χ2v) is 3.53. The van der Waals surface area contributed by atoms with E-state index in [-0.39, 0.29) is 5.75 Å². The minimum atomic E-state index is 0.203. The van der Waals surface area contributed by atoms with E-state index in [2.05, 4.69) is 11.9 Å². The van der Waals surface area contributed by atoms with Crippen LogP contribution in [0.15, 0.2) is 30.4 Å². The zero-order valence-electron chi connectivity index (χ0n) is 9.21. The molecular formula is C12H17NO2. The highest BCUT2D eigenvalue weighted by molar-refractivity contribution is 5.45. The van der Waals surface area contributed by atoms with Crippen LogP contribution in [0.1, 0.15) is 12.5 Å². The number of benzene rings is 1. The Balaban J connectivity index is 2.64. The van der Waals surface area contributed by atoms with E-state index in [0.717, 1.165) is 17.7 Å². The van der Waals surface area contributed by atoms with Crippen molar-refractivity contribution in [3.05, 3.63) is 35.9 Å². The fourth-order valence-corrected chi connectivity index (χ4v) is 1.29. The molecule has 0 aromatic heterocycles. The Morgan fingerprint density at radius 3 is 2.87 bits per heavy atom.